The Bertz CT molecular complexity index is 783. The van der Waals surface area contributed by atoms with Crippen LogP contribution in [0.15, 0.2) is 54.6 Å². The van der Waals surface area contributed by atoms with Crippen LogP contribution >= 0.6 is 11.6 Å². The van der Waals surface area contributed by atoms with Crippen LogP contribution in [-0.2, 0) is 6.54 Å². The van der Waals surface area contributed by atoms with E-state index in [1.165, 1.54) is 11.3 Å². The van der Waals surface area contributed by atoms with Gasteiger partial charge in [0.15, 0.2) is 0 Å². The van der Waals surface area contributed by atoms with Crippen molar-refractivity contribution in [1.82, 2.24) is 4.98 Å². The molecule has 21 heavy (non-hydrogen) atoms. The SMILES string of the molecule is Cc1cccc(N(C)Cc2cc3ccccc3nc2Cl)c1. The molecule has 0 unspecified atom stereocenters. The van der Waals surface area contributed by atoms with E-state index in [0.717, 1.165) is 23.0 Å². The summed E-state index contributed by atoms with van der Waals surface area (Å²) >= 11 is 6.33. The molecule has 0 fully saturated rings. The van der Waals surface area contributed by atoms with Crippen LogP contribution in [0, 0.1) is 6.92 Å². The number of aromatic nitrogens is 1. The molecule has 3 rings (SSSR count). The third-order valence-corrected chi connectivity index (χ3v) is 3.93. The number of aryl methyl sites for hydroxylation is 1. The number of hydrogen-bond donors (Lipinski definition) is 0. The quantitative estimate of drug-likeness (QED) is 0.643. The Morgan fingerprint density at radius 2 is 1.86 bits per heavy atom. The molecule has 0 aliphatic rings. The lowest BCUT2D eigenvalue weighted by atomic mass is 10.1. The minimum absolute atomic E-state index is 0.577. The predicted octanol–water partition coefficient (Wildman–Crippen LogP) is 4.83. The number of benzene rings is 2. The lowest BCUT2D eigenvalue weighted by Gasteiger charge is -2.20. The molecule has 0 saturated carbocycles. The molecule has 0 aliphatic carbocycles. The second kappa shape index (κ2) is 5.74. The van der Waals surface area contributed by atoms with Gasteiger partial charge in [-0.25, -0.2) is 4.98 Å². The van der Waals surface area contributed by atoms with Gasteiger partial charge in [0.25, 0.3) is 0 Å². The summed E-state index contributed by atoms with van der Waals surface area (Å²) in [5.41, 5.74) is 4.41. The van der Waals surface area contributed by atoms with Crippen molar-refractivity contribution in [2.45, 2.75) is 13.5 Å². The van der Waals surface area contributed by atoms with Crippen molar-refractivity contribution in [3.63, 3.8) is 0 Å². The summed E-state index contributed by atoms with van der Waals surface area (Å²) in [7, 11) is 2.07. The Morgan fingerprint density at radius 1 is 1.05 bits per heavy atom. The normalized spacial score (nSPS) is 10.8. The first-order valence-corrected chi connectivity index (χ1v) is 7.33. The summed E-state index contributed by atoms with van der Waals surface area (Å²) in [5.74, 6) is 0. The van der Waals surface area contributed by atoms with E-state index in [2.05, 4.69) is 60.3 Å². The minimum atomic E-state index is 0.577. The van der Waals surface area contributed by atoms with Crippen molar-refractivity contribution in [3.8, 4) is 0 Å². The van der Waals surface area contributed by atoms with Crippen LogP contribution in [0.2, 0.25) is 5.15 Å². The molecular weight excluding hydrogens is 280 g/mol. The van der Waals surface area contributed by atoms with Crippen molar-refractivity contribution in [1.29, 1.82) is 0 Å². The van der Waals surface area contributed by atoms with Crippen LogP contribution in [0.3, 0.4) is 0 Å². The number of halogens is 1. The molecule has 1 heterocycles. The van der Waals surface area contributed by atoms with Gasteiger partial charge in [0.1, 0.15) is 5.15 Å². The summed E-state index contributed by atoms with van der Waals surface area (Å²) < 4.78 is 0. The number of rotatable bonds is 3. The highest BCUT2D eigenvalue weighted by Gasteiger charge is 2.08. The first-order chi connectivity index (χ1) is 10.1. The number of fused-ring (bicyclic) bond motifs is 1. The molecule has 0 radical (unpaired) electrons. The molecule has 3 heteroatoms. The van der Waals surface area contributed by atoms with Crippen molar-refractivity contribution >= 4 is 28.2 Å². The molecule has 0 saturated heterocycles. The van der Waals surface area contributed by atoms with Crippen LogP contribution in [0.4, 0.5) is 5.69 Å². The van der Waals surface area contributed by atoms with Crippen molar-refractivity contribution in [2.24, 2.45) is 0 Å². The number of hydrogen-bond acceptors (Lipinski definition) is 2. The van der Waals surface area contributed by atoms with E-state index < -0.39 is 0 Å². The fourth-order valence-electron chi connectivity index (χ4n) is 2.46. The summed E-state index contributed by atoms with van der Waals surface area (Å²) in [6.07, 6.45) is 0. The second-order valence-corrected chi connectivity index (χ2v) is 5.68. The van der Waals surface area contributed by atoms with Crippen LogP contribution in [0.5, 0.6) is 0 Å². The van der Waals surface area contributed by atoms with Crippen LogP contribution < -0.4 is 4.90 Å². The Balaban J connectivity index is 1.92. The highest BCUT2D eigenvalue weighted by Crippen LogP contribution is 2.24. The smallest absolute Gasteiger partial charge is 0.134 e. The number of pyridine rings is 1. The minimum Gasteiger partial charge on any atom is -0.370 e. The van der Waals surface area contributed by atoms with Crippen molar-refractivity contribution in [2.75, 3.05) is 11.9 Å². The van der Waals surface area contributed by atoms with E-state index in [1.54, 1.807) is 0 Å². The fraction of sp³-hybridized carbons (Fsp3) is 0.167. The molecular formula is C18H17ClN2. The van der Waals surface area contributed by atoms with Gasteiger partial charge >= 0.3 is 0 Å². The molecule has 0 aliphatic heterocycles. The molecule has 2 nitrogen and oxygen atoms in total. The lowest BCUT2D eigenvalue weighted by Crippen LogP contribution is -2.16. The zero-order valence-corrected chi connectivity index (χ0v) is 12.9. The van der Waals surface area contributed by atoms with Crippen molar-refractivity contribution in [3.05, 3.63) is 70.9 Å². The highest BCUT2D eigenvalue weighted by atomic mass is 35.5. The van der Waals surface area contributed by atoms with E-state index >= 15 is 0 Å². The number of para-hydroxylation sites is 1. The number of nitrogens with zero attached hydrogens (tertiary/aromatic N) is 2. The maximum atomic E-state index is 6.33. The molecule has 3 aromatic rings. The van der Waals surface area contributed by atoms with Gasteiger partial charge in [-0.3, -0.25) is 0 Å². The third-order valence-electron chi connectivity index (χ3n) is 3.60. The maximum absolute atomic E-state index is 6.33. The summed E-state index contributed by atoms with van der Waals surface area (Å²) in [5, 5.41) is 1.70. The number of anilines is 1. The molecule has 106 valence electrons. The van der Waals surface area contributed by atoms with Gasteiger partial charge < -0.3 is 4.90 Å². The molecule has 2 aromatic carbocycles. The van der Waals surface area contributed by atoms with Gasteiger partial charge in [-0.05, 0) is 36.8 Å². The van der Waals surface area contributed by atoms with Gasteiger partial charge in [0, 0.05) is 30.2 Å². The second-order valence-electron chi connectivity index (χ2n) is 5.33. The first-order valence-electron chi connectivity index (χ1n) is 6.95. The van der Waals surface area contributed by atoms with Crippen LogP contribution in [-0.4, -0.2) is 12.0 Å². The predicted molar refractivity (Wildman–Crippen MR) is 90.0 cm³/mol. The van der Waals surface area contributed by atoms with Crippen molar-refractivity contribution < 1.29 is 0 Å². The van der Waals surface area contributed by atoms with Gasteiger partial charge in [-0.15, -0.1) is 0 Å². The summed E-state index contributed by atoms with van der Waals surface area (Å²) in [4.78, 5) is 6.66. The summed E-state index contributed by atoms with van der Waals surface area (Å²) in [6.45, 7) is 2.84. The topological polar surface area (TPSA) is 16.1 Å². The van der Waals surface area contributed by atoms with Crippen LogP contribution in [0.1, 0.15) is 11.1 Å². The average Bonchev–Trinajstić information content (AvgIpc) is 2.48. The third kappa shape index (κ3) is 3.01. The van der Waals surface area contributed by atoms with E-state index in [9.17, 15) is 0 Å². The monoisotopic (exact) mass is 296 g/mol. The van der Waals surface area contributed by atoms with Gasteiger partial charge in [0.2, 0.25) is 0 Å². The van der Waals surface area contributed by atoms with E-state index in [-0.39, 0.29) is 0 Å². The van der Waals surface area contributed by atoms with Gasteiger partial charge in [0.05, 0.1) is 5.52 Å². The van der Waals surface area contributed by atoms with E-state index in [1.807, 2.05) is 18.2 Å². The Labute approximate surface area is 130 Å². The lowest BCUT2D eigenvalue weighted by molar-refractivity contribution is 0.918. The molecule has 0 spiro atoms. The molecule has 0 N–H and O–H groups in total. The Morgan fingerprint density at radius 3 is 2.67 bits per heavy atom. The standard InChI is InChI=1S/C18H17ClN2/c1-13-6-5-8-16(10-13)21(2)12-15-11-14-7-3-4-9-17(14)20-18(15)19/h3-11H,12H2,1-2H3. The van der Waals surface area contributed by atoms with Crippen LogP contribution in [0.25, 0.3) is 10.9 Å². The zero-order valence-electron chi connectivity index (χ0n) is 12.2. The van der Waals surface area contributed by atoms with E-state index in [4.69, 9.17) is 11.6 Å². The van der Waals surface area contributed by atoms with E-state index in [0.29, 0.717) is 5.15 Å². The Kier molecular flexibility index (Phi) is 3.80. The largest absolute Gasteiger partial charge is 0.370 e. The maximum Gasteiger partial charge on any atom is 0.134 e. The average molecular weight is 297 g/mol. The molecule has 0 amide bonds. The molecule has 0 atom stereocenters. The fourth-order valence-corrected chi connectivity index (χ4v) is 2.66. The van der Waals surface area contributed by atoms with Gasteiger partial charge in [-0.1, -0.05) is 41.9 Å². The van der Waals surface area contributed by atoms with Gasteiger partial charge in [-0.2, -0.15) is 0 Å². The first kappa shape index (κ1) is 13.9. The summed E-state index contributed by atoms with van der Waals surface area (Å²) in [6, 6.07) is 18.6. The zero-order chi connectivity index (χ0) is 14.8. The molecule has 1 aromatic heterocycles. The molecule has 0 bridgehead atoms. The highest BCUT2D eigenvalue weighted by molar-refractivity contribution is 6.30. The Hall–Kier alpha value is -2.06.